The lowest BCUT2D eigenvalue weighted by atomic mass is 9.87. The normalized spacial score (nSPS) is 15.6. The Morgan fingerprint density at radius 2 is 1.88 bits per heavy atom. The molecule has 0 atom stereocenters. The molecule has 2 heterocycles. The predicted molar refractivity (Wildman–Crippen MR) is 99.8 cm³/mol. The predicted octanol–water partition coefficient (Wildman–Crippen LogP) is 3.67. The van der Waals surface area contributed by atoms with Crippen LogP contribution < -0.4 is 4.90 Å². The van der Waals surface area contributed by atoms with E-state index in [9.17, 15) is 4.79 Å². The van der Waals surface area contributed by atoms with Crippen molar-refractivity contribution in [3.05, 3.63) is 71.3 Å². The van der Waals surface area contributed by atoms with E-state index in [0.29, 0.717) is 18.7 Å². The van der Waals surface area contributed by atoms with Crippen LogP contribution in [0.15, 0.2) is 65.2 Å². The van der Waals surface area contributed by atoms with E-state index < -0.39 is 0 Å². The van der Waals surface area contributed by atoms with Crippen LogP contribution in [0.2, 0.25) is 0 Å². The molecule has 0 saturated carbocycles. The fourth-order valence-corrected chi connectivity index (χ4v) is 3.43. The average Bonchev–Trinajstić information content (AvgIpc) is 3.15. The van der Waals surface area contributed by atoms with Crippen LogP contribution in [0.5, 0.6) is 0 Å². The number of amidine groups is 1. The van der Waals surface area contributed by atoms with Gasteiger partial charge in [0.15, 0.2) is 0 Å². The van der Waals surface area contributed by atoms with Crippen LogP contribution in [0.1, 0.15) is 24.5 Å². The van der Waals surface area contributed by atoms with Crippen molar-refractivity contribution in [1.29, 1.82) is 0 Å². The number of anilines is 1. The number of benzene rings is 2. The summed E-state index contributed by atoms with van der Waals surface area (Å²) in [6.45, 7) is 3.89. The van der Waals surface area contributed by atoms with Crippen LogP contribution in [-0.4, -0.2) is 31.5 Å². The highest BCUT2D eigenvalue weighted by Gasteiger charge is 2.36. The molecular formula is C21H20N2O2. The van der Waals surface area contributed by atoms with E-state index in [2.05, 4.69) is 22.0 Å². The Morgan fingerprint density at radius 1 is 1.12 bits per heavy atom. The van der Waals surface area contributed by atoms with Gasteiger partial charge in [-0.15, -0.1) is 0 Å². The Kier molecular flexibility index (Phi) is 4.10. The molecule has 0 aliphatic carbocycles. The van der Waals surface area contributed by atoms with Gasteiger partial charge in [0.05, 0.1) is 18.8 Å². The highest BCUT2D eigenvalue weighted by molar-refractivity contribution is 6.33. The highest BCUT2D eigenvalue weighted by atomic mass is 16.5. The Hall–Kier alpha value is -2.88. The Bertz CT molecular complexity index is 868. The molecule has 0 fully saturated rings. The van der Waals surface area contributed by atoms with E-state index in [0.717, 1.165) is 41.2 Å². The number of fused-ring (bicyclic) bond motifs is 3. The van der Waals surface area contributed by atoms with Crippen molar-refractivity contribution in [3.63, 3.8) is 0 Å². The maximum Gasteiger partial charge on any atom is 0.342 e. The van der Waals surface area contributed by atoms with E-state index in [4.69, 9.17) is 4.74 Å². The Balaban J connectivity index is 1.97. The van der Waals surface area contributed by atoms with Crippen molar-refractivity contribution in [1.82, 2.24) is 0 Å². The summed E-state index contributed by atoms with van der Waals surface area (Å²) in [5, 5.41) is 0. The van der Waals surface area contributed by atoms with Gasteiger partial charge in [0.25, 0.3) is 0 Å². The molecule has 4 heteroatoms. The third-order valence-corrected chi connectivity index (χ3v) is 4.48. The zero-order chi connectivity index (χ0) is 17.2. The van der Waals surface area contributed by atoms with E-state index in [1.165, 1.54) is 0 Å². The third kappa shape index (κ3) is 2.64. The van der Waals surface area contributed by atoms with Crippen LogP contribution in [0.3, 0.4) is 0 Å². The Labute approximate surface area is 147 Å². The van der Waals surface area contributed by atoms with Crippen LogP contribution in [0.25, 0.3) is 5.57 Å². The van der Waals surface area contributed by atoms with Crippen LogP contribution in [-0.2, 0) is 9.53 Å². The monoisotopic (exact) mass is 332 g/mol. The van der Waals surface area contributed by atoms with Gasteiger partial charge in [-0.25, -0.2) is 4.79 Å². The summed E-state index contributed by atoms with van der Waals surface area (Å²) in [6, 6.07) is 18.2. The van der Waals surface area contributed by atoms with Gasteiger partial charge in [-0.1, -0.05) is 55.5 Å². The van der Waals surface area contributed by atoms with Crippen molar-refractivity contribution >= 4 is 23.1 Å². The summed E-state index contributed by atoms with van der Waals surface area (Å²) in [7, 11) is 0. The fraction of sp³-hybridized carbons (Fsp3) is 0.238. The number of carbonyl (C=O) groups excluding carboxylic acids is 1. The molecule has 0 aromatic heterocycles. The molecule has 0 bridgehead atoms. The second-order valence-electron chi connectivity index (χ2n) is 6.13. The molecule has 0 unspecified atom stereocenters. The second kappa shape index (κ2) is 6.55. The van der Waals surface area contributed by atoms with Gasteiger partial charge < -0.3 is 9.64 Å². The molecule has 0 saturated heterocycles. The summed E-state index contributed by atoms with van der Waals surface area (Å²) in [5.41, 5.74) is 4.65. The summed E-state index contributed by atoms with van der Waals surface area (Å²) in [5.74, 6) is 0.444. The number of rotatable bonds is 4. The molecule has 0 amide bonds. The minimum Gasteiger partial charge on any atom is -0.462 e. The molecule has 4 rings (SSSR count). The minimum atomic E-state index is -0.291. The smallest absolute Gasteiger partial charge is 0.342 e. The van der Waals surface area contributed by atoms with E-state index in [-0.39, 0.29) is 5.97 Å². The number of hydrogen-bond acceptors (Lipinski definition) is 4. The fourth-order valence-electron chi connectivity index (χ4n) is 3.43. The van der Waals surface area contributed by atoms with E-state index in [1.807, 2.05) is 49.4 Å². The first-order chi connectivity index (χ1) is 12.3. The molecule has 2 aliphatic heterocycles. The molecular weight excluding hydrogens is 312 g/mol. The van der Waals surface area contributed by atoms with E-state index in [1.54, 1.807) is 0 Å². The standard InChI is InChI=1S/C21H20N2O2/c1-2-14-25-21(24)19-18(15-8-4-3-5-9-15)16-10-6-7-11-17(16)23-13-12-22-20(19)23/h3-11H,2,12-14H2,1H3. The number of para-hydroxylation sites is 1. The zero-order valence-electron chi connectivity index (χ0n) is 14.2. The molecule has 2 aromatic rings. The van der Waals surface area contributed by atoms with Crippen molar-refractivity contribution in [2.45, 2.75) is 13.3 Å². The quantitative estimate of drug-likeness (QED) is 0.802. The molecule has 0 radical (unpaired) electrons. The first-order valence-electron chi connectivity index (χ1n) is 8.70. The summed E-state index contributed by atoms with van der Waals surface area (Å²) in [4.78, 5) is 19.7. The lowest BCUT2D eigenvalue weighted by Gasteiger charge is -2.31. The first kappa shape index (κ1) is 15.6. The zero-order valence-corrected chi connectivity index (χ0v) is 14.2. The molecule has 25 heavy (non-hydrogen) atoms. The number of esters is 1. The first-order valence-corrected chi connectivity index (χ1v) is 8.70. The summed E-state index contributed by atoms with van der Waals surface area (Å²) >= 11 is 0. The number of hydrogen-bond donors (Lipinski definition) is 0. The number of carbonyl (C=O) groups is 1. The van der Waals surface area contributed by atoms with Gasteiger partial charge >= 0.3 is 5.97 Å². The maximum atomic E-state index is 12.9. The van der Waals surface area contributed by atoms with Gasteiger partial charge in [0.1, 0.15) is 11.4 Å². The van der Waals surface area contributed by atoms with Crippen molar-refractivity contribution in [3.8, 4) is 0 Å². The number of nitrogens with zero attached hydrogens (tertiary/aromatic N) is 2. The highest BCUT2D eigenvalue weighted by Crippen LogP contribution is 2.41. The van der Waals surface area contributed by atoms with Crippen molar-refractivity contribution in [2.24, 2.45) is 4.99 Å². The molecule has 126 valence electrons. The number of ether oxygens (including phenoxy) is 1. The summed E-state index contributed by atoms with van der Waals surface area (Å²) < 4.78 is 5.50. The van der Waals surface area contributed by atoms with Crippen molar-refractivity contribution in [2.75, 3.05) is 24.6 Å². The molecule has 0 N–H and O–H groups in total. The second-order valence-corrected chi connectivity index (χ2v) is 6.13. The Morgan fingerprint density at radius 3 is 2.68 bits per heavy atom. The maximum absolute atomic E-state index is 12.9. The van der Waals surface area contributed by atoms with Gasteiger partial charge in [0.2, 0.25) is 0 Å². The van der Waals surface area contributed by atoms with Crippen LogP contribution in [0, 0.1) is 0 Å². The molecule has 4 nitrogen and oxygen atoms in total. The van der Waals surface area contributed by atoms with Crippen molar-refractivity contribution < 1.29 is 9.53 Å². The lowest BCUT2D eigenvalue weighted by molar-refractivity contribution is -0.138. The average molecular weight is 332 g/mol. The molecule has 0 spiro atoms. The lowest BCUT2D eigenvalue weighted by Crippen LogP contribution is -2.36. The largest absolute Gasteiger partial charge is 0.462 e. The van der Waals surface area contributed by atoms with E-state index >= 15 is 0 Å². The SMILES string of the molecule is CCCOC(=O)C1=C(c2ccccc2)c2ccccc2N2CCN=C12. The third-order valence-electron chi connectivity index (χ3n) is 4.48. The topological polar surface area (TPSA) is 41.9 Å². The van der Waals surface area contributed by atoms with Crippen LogP contribution in [0.4, 0.5) is 5.69 Å². The molecule has 2 aromatic carbocycles. The molecule has 2 aliphatic rings. The van der Waals surface area contributed by atoms with Gasteiger partial charge in [-0.05, 0) is 18.1 Å². The summed E-state index contributed by atoms with van der Waals surface area (Å²) in [6.07, 6.45) is 0.798. The van der Waals surface area contributed by atoms with Crippen LogP contribution >= 0.6 is 0 Å². The van der Waals surface area contributed by atoms with Gasteiger partial charge in [-0.3, -0.25) is 4.99 Å². The number of aliphatic imine (C=N–C) groups is 1. The minimum absolute atomic E-state index is 0.291. The van der Waals surface area contributed by atoms with Gasteiger partial charge in [-0.2, -0.15) is 0 Å². The van der Waals surface area contributed by atoms with Gasteiger partial charge in [0, 0.05) is 17.7 Å².